The number of nitrogens with zero attached hydrogens (tertiary/aromatic N) is 2. The summed E-state index contributed by atoms with van der Waals surface area (Å²) < 4.78 is 0. The van der Waals surface area contributed by atoms with E-state index in [0.717, 1.165) is 12.8 Å². The molecule has 0 radical (unpaired) electrons. The summed E-state index contributed by atoms with van der Waals surface area (Å²) in [5.74, 6) is -0.925. The van der Waals surface area contributed by atoms with E-state index in [2.05, 4.69) is 17.6 Å². The molecule has 70 valence electrons. The van der Waals surface area contributed by atoms with Gasteiger partial charge in [-0.2, -0.15) is 5.26 Å². The highest BCUT2D eigenvalue weighted by molar-refractivity contribution is 5.92. The van der Waals surface area contributed by atoms with E-state index < -0.39 is 5.91 Å². The number of carbonyl (C=O) groups is 1. The predicted octanol–water partition coefficient (Wildman–Crippen LogP) is 0.996. The number of carbonyl (C=O) groups excluding carboxylic acids is 1. The molecule has 0 spiro atoms. The van der Waals surface area contributed by atoms with Gasteiger partial charge in [-0.1, -0.05) is 19.9 Å². The molecule has 0 heterocycles. The van der Waals surface area contributed by atoms with Crippen molar-refractivity contribution in [2.45, 2.75) is 19.8 Å². The van der Waals surface area contributed by atoms with Gasteiger partial charge in [0.05, 0.1) is 12.0 Å². The summed E-state index contributed by atoms with van der Waals surface area (Å²) in [7, 11) is 0. The van der Waals surface area contributed by atoms with Crippen LogP contribution in [0.1, 0.15) is 19.8 Å². The van der Waals surface area contributed by atoms with Crippen molar-refractivity contribution in [3.8, 4) is 6.07 Å². The van der Waals surface area contributed by atoms with Crippen molar-refractivity contribution < 1.29 is 4.79 Å². The van der Waals surface area contributed by atoms with Crippen LogP contribution in [0.3, 0.4) is 0 Å². The third kappa shape index (κ3) is 4.75. The zero-order valence-electron chi connectivity index (χ0n) is 7.66. The molecule has 1 amide bonds. The van der Waals surface area contributed by atoms with Gasteiger partial charge < -0.3 is 5.73 Å². The second kappa shape index (κ2) is 5.95. The van der Waals surface area contributed by atoms with E-state index in [1.807, 2.05) is 6.92 Å². The molecular weight excluding hydrogens is 166 g/mol. The number of nitriles is 1. The Balaban J connectivity index is 4.16. The molecule has 13 heavy (non-hydrogen) atoms. The lowest BCUT2D eigenvalue weighted by molar-refractivity contribution is -0.114. The first-order valence-electron chi connectivity index (χ1n) is 4.04. The molecular formula is C9H13N3O. The average molecular weight is 179 g/mol. The van der Waals surface area contributed by atoms with Gasteiger partial charge in [-0.05, 0) is 6.42 Å². The van der Waals surface area contributed by atoms with Crippen LogP contribution in [0.4, 0.5) is 0 Å². The molecule has 0 aliphatic heterocycles. The Morgan fingerprint density at radius 3 is 2.85 bits per heavy atom. The third-order valence-electron chi connectivity index (χ3n) is 1.46. The number of rotatable bonds is 5. The molecule has 0 aliphatic rings. The van der Waals surface area contributed by atoms with E-state index in [0.29, 0.717) is 0 Å². The van der Waals surface area contributed by atoms with Gasteiger partial charge in [-0.15, -0.1) is 0 Å². The van der Waals surface area contributed by atoms with Gasteiger partial charge in [0, 0.05) is 6.21 Å². The lowest BCUT2D eigenvalue weighted by Crippen LogP contribution is -2.12. The highest BCUT2D eigenvalue weighted by Crippen LogP contribution is 2.02. The Morgan fingerprint density at radius 1 is 1.85 bits per heavy atom. The molecule has 4 heteroatoms. The van der Waals surface area contributed by atoms with Gasteiger partial charge >= 0.3 is 0 Å². The monoisotopic (exact) mass is 179 g/mol. The van der Waals surface area contributed by atoms with Crippen LogP contribution in [0.2, 0.25) is 0 Å². The van der Waals surface area contributed by atoms with E-state index >= 15 is 0 Å². The first kappa shape index (κ1) is 11.4. The molecule has 0 unspecified atom stereocenters. The van der Waals surface area contributed by atoms with E-state index in [1.165, 1.54) is 6.21 Å². The van der Waals surface area contributed by atoms with Crippen LogP contribution in [0.25, 0.3) is 0 Å². The van der Waals surface area contributed by atoms with Gasteiger partial charge in [-0.25, -0.2) is 0 Å². The SMILES string of the molecule is C=C(/N=C\[C@@H](C#N)CCC)C(N)=O. The lowest BCUT2D eigenvalue weighted by atomic mass is 10.1. The molecule has 2 N–H and O–H groups in total. The van der Waals surface area contributed by atoms with Crippen molar-refractivity contribution in [2.24, 2.45) is 16.6 Å². The van der Waals surface area contributed by atoms with Crippen molar-refractivity contribution in [1.29, 1.82) is 5.26 Å². The predicted molar refractivity (Wildman–Crippen MR) is 50.8 cm³/mol. The minimum Gasteiger partial charge on any atom is -0.364 e. The van der Waals surface area contributed by atoms with Crippen LogP contribution in [-0.4, -0.2) is 12.1 Å². The Labute approximate surface area is 77.8 Å². The second-order valence-corrected chi connectivity index (χ2v) is 2.61. The Hall–Kier alpha value is -1.63. The van der Waals surface area contributed by atoms with Crippen LogP contribution >= 0.6 is 0 Å². The van der Waals surface area contributed by atoms with Crippen LogP contribution in [0.5, 0.6) is 0 Å². The fraction of sp³-hybridized carbons (Fsp3) is 0.444. The molecule has 0 rings (SSSR count). The molecule has 0 aromatic rings. The number of primary amides is 1. The standard InChI is InChI=1S/C9H13N3O/c1-3-4-8(5-10)6-12-7(2)9(11)13/h6,8H,2-4H2,1H3,(H2,11,13)/b12-6-/t8-/m1/s1. The smallest absolute Gasteiger partial charge is 0.266 e. The van der Waals surface area contributed by atoms with Crippen molar-refractivity contribution in [3.05, 3.63) is 12.3 Å². The molecule has 1 atom stereocenters. The summed E-state index contributed by atoms with van der Waals surface area (Å²) in [6, 6.07) is 2.05. The van der Waals surface area contributed by atoms with Crippen molar-refractivity contribution >= 4 is 12.1 Å². The summed E-state index contributed by atoms with van der Waals surface area (Å²) in [5, 5.41) is 8.62. The number of aliphatic imine (C=N–C) groups is 1. The molecule has 0 fully saturated rings. The highest BCUT2D eigenvalue weighted by atomic mass is 16.1. The Kier molecular flexibility index (Phi) is 5.20. The van der Waals surface area contributed by atoms with E-state index in [1.54, 1.807) is 0 Å². The quantitative estimate of drug-likeness (QED) is 0.504. The molecule has 0 aromatic carbocycles. The maximum atomic E-state index is 10.5. The molecule has 0 saturated carbocycles. The number of hydrogen-bond donors (Lipinski definition) is 1. The normalized spacial score (nSPS) is 12.3. The van der Waals surface area contributed by atoms with Crippen LogP contribution in [0.15, 0.2) is 17.3 Å². The zero-order chi connectivity index (χ0) is 10.3. The zero-order valence-corrected chi connectivity index (χ0v) is 7.66. The minimum atomic E-state index is -0.663. The summed E-state index contributed by atoms with van der Waals surface area (Å²) in [5.41, 5.74) is 4.89. The molecule has 0 bridgehead atoms. The highest BCUT2D eigenvalue weighted by Gasteiger charge is 2.03. The van der Waals surface area contributed by atoms with Gasteiger partial charge in [0.15, 0.2) is 0 Å². The number of amides is 1. The fourth-order valence-electron chi connectivity index (χ4n) is 0.727. The van der Waals surface area contributed by atoms with Crippen molar-refractivity contribution in [2.75, 3.05) is 0 Å². The molecule has 0 saturated heterocycles. The summed E-state index contributed by atoms with van der Waals surface area (Å²) in [4.78, 5) is 14.2. The van der Waals surface area contributed by atoms with Gasteiger partial charge in [0.25, 0.3) is 5.91 Å². The molecule has 0 aromatic heterocycles. The van der Waals surface area contributed by atoms with E-state index in [9.17, 15) is 4.79 Å². The Bertz CT molecular complexity index is 263. The van der Waals surface area contributed by atoms with Crippen molar-refractivity contribution in [1.82, 2.24) is 0 Å². The third-order valence-corrected chi connectivity index (χ3v) is 1.46. The first-order valence-corrected chi connectivity index (χ1v) is 4.04. The summed E-state index contributed by atoms with van der Waals surface area (Å²) in [6.07, 6.45) is 3.04. The minimum absolute atomic E-state index is 0.0173. The topological polar surface area (TPSA) is 79.2 Å². The number of nitrogens with two attached hydrogens (primary N) is 1. The van der Waals surface area contributed by atoms with Gasteiger partial charge in [0.2, 0.25) is 0 Å². The molecule has 0 aliphatic carbocycles. The van der Waals surface area contributed by atoms with Gasteiger partial charge in [-0.3, -0.25) is 9.79 Å². The summed E-state index contributed by atoms with van der Waals surface area (Å²) >= 11 is 0. The summed E-state index contributed by atoms with van der Waals surface area (Å²) in [6.45, 7) is 5.31. The number of hydrogen-bond acceptors (Lipinski definition) is 3. The van der Waals surface area contributed by atoms with Crippen LogP contribution in [-0.2, 0) is 4.79 Å². The fourth-order valence-corrected chi connectivity index (χ4v) is 0.727. The Morgan fingerprint density at radius 2 is 2.46 bits per heavy atom. The maximum Gasteiger partial charge on any atom is 0.266 e. The maximum absolute atomic E-state index is 10.5. The van der Waals surface area contributed by atoms with Crippen LogP contribution < -0.4 is 5.73 Å². The van der Waals surface area contributed by atoms with Crippen LogP contribution in [0, 0.1) is 17.2 Å². The largest absolute Gasteiger partial charge is 0.364 e. The average Bonchev–Trinajstić information content (AvgIpc) is 2.11. The first-order chi connectivity index (χ1) is 6.11. The second-order valence-electron chi connectivity index (χ2n) is 2.61. The van der Waals surface area contributed by atoms with E-state index in [4.69, 9.17) is 11.0 Å². The van der Waals surface area contributed by atoms with Gasteiger partial charge in [0.1, 0.15) is 5.70 Å². The lowest BCUT2D eigenvalue weighted by Gasteiger charge is -1.98. The molecule has 4 nitrogen and oxygen atoms in total. The van der Waals surface area contributed by atoms with E-state index in [-0.39, 0.29) is 11.6 Å². The van der Waals surface area contributed by atoms with Crippen molar-refractivity contribution in [3.63, 3.8) is 0 Å².